The van der Waals surface area contributed by atoms with E-state index < -0.39 is 0 Å². The van der Waals surface area contributed by atoms with Crippen molar-refractivity contribution in [2.45, 2.75) is 13.3 Å². The number of methoxy groups -OCH3 is 1. The summed E-state index contributed by atoms with van der Waals surface area (Å²) in [4.78, 5) is 14.2. The number of thioether (sulfide) groups is 1. The van der Waals surface area contributed by atoms with Crippen LogP contribution in [-0.4, -0.2) is 35.9 Å². The van der Waals surface area contributed by atoms with Crippen molar-refractivity contribution < 1.29 is 14.3 Å². The summed E-state index contributed by atoms with van der Waals surface area (Å²) >= 11 is 8.66. The van der Waals surface area contributed by atoms with E-state index in [1.54, 1.807) is 14.2 Å². The van der Waals surface area contributed by atoms with Crippen molar-refractivity contribution in [2.24, 2.45) is 0 Å². The summed E-state index contributed by atoms with van der Waals surface area (Å²) < 4.78 is 12.7. The average molecular weight is 449 g/mol. The molecular formula is C15H16INO3S2. The first-order valence-electron chi connectivity index (χ1n) is 6.69. The Kier molecular flexibility index (Phi) is 6.10. The van der Waals surface area contributed by atoms with Gasteiger partial charge in [0.1, 0.15) is 4.32 Å². The van der Waals surface area contributed by atoms with Crippen molar-refractivity contribution in [3.05, 3.63) is 26.2 Å². The van der Waals surface area contributed by atoms with Gasteiger partial charge < -0.3 is 9.47 Å². The number of rotatable bonds is 5. The SMILES string of the molecule is CCCOc1c(I)cc(/C=C2/SC(=S)N(C)C2=O)cc1OC. The number of ether oxygens (including phenoxy) is 2. The van der Waals surface area contributed by atoms with Crippen LogP contribution in [0.1, 0.15) is 18.9 Å². The van der Waals surface area contributed by atoms with E-state index in [-0.39, 0.29) is 5.91 Å². The van der Waals surface area contributed by atoms with Gasteiger partial charge in [-0.05, 0) is 52.8 Å². The van der Waals surface area contributed by atoms with Gasteiger partial charge in [-0.3, -0.25) is 9.69 Å². The van der Waals surface area contributed by atoms with Gasteiger partial charge in [-0.2, -0.15) is 0 Å². The number of halogens is 1. The molecule has 1 saturated heterocycles. The van der Waals surface area contributed by atoms with E-state index in [0.29, 0.717) is 21.6 Å². The number of nitrogens with zero attached hydrogens (tertiary/aromatic N) is 1. The molecule has 0 atom stereocenters. The predicted molar refractivity (Wildman–Crippen MR) is 102 cm³/mol. The zero-order chi connectivity index (χ0) is 16.3. The maximum atomic E-state index is 12.1. The molecule has 0 spiro atoms. The van der Waals surface area contributed by atoms with E-state index in [2.05, 4.69) is 29.5 Å². The fourth-order valence-corrected chi connectivity index (χ4v) is 3.82. The van der Waals surface area contributed by atoms with Gasteiger partial charge in [0.15, 0.2) is 11.5 Å². The van der Waals surface area contributed by atoms with Gasteiger partial charge >= 0.3 is 0 Å². The van der Waals surface area contributed by atoms with Crippen molar-refractivity contribution >= 4 is 62.9 Å². The molecule has 0 aliphatic carbocycles. The Balaban J connectivity index is 2.35. The number of carbonyl (C=O) groups is 1. The normalized spacial score (nSPS) is 16.5. The molecule has 118 valence electrons. The van der Waals surface area contributed by atoms with Crippen LogP contribution < -0.4 is 9.47 Å². The highest BCUT2D eigenvalue weighted by Gasteiger charge is 2.28. The summed E-state index contributed by atoms with van der Waals surface area (Å²) in [6, 6.07) is 3.84. The van der Waals surface area contributed by atoms with Crippen LogP contribution in [0.2, 0.25) is 0 Å². The number of hydrogen-bond donors (Lipinski definition) is 0. The summed E-state index contributed by atoms with van der Waals surface area (Å²) in [6.45, 7) is 2.70. The Morgan fingerprint density at radius 3 is 2.73 bits per heavy atom. The largest absolute Gasteiger partial charge is 0.493 e. The number of hydrogen-bond acceptors (Lipinski definition) is 5. The zero-order valence-corrected chi connectivity index (χ0v) is 16.3. The number of carbonyl (C=O) groups excluding carboxylic acids is 1. The highest BCUT2D eigenvalue weighted by Crippen LogP contribution is 2.37. The van der Waals surface area contributed by atoms with E-state index in [1.165, 1.54) is 16.7 Å². The van der Waals surface area contributed by atoms with Crippen LogP contribution in [0.3, 0.4) is 0 Å². The smallest absolute Gasteiger partial charge is 0.265 e. The molecule has 1 aliphatic heterocycles. The molecule has 1 amide bonds. The lowest BCUT2D eigenvalue weighted by Gasteiger charge is -2.13. The highest BCUT2D eigenvalue weighted by atomic mass is 127. The third kappa shape index (κ3) is 3.75. The lowest BCUT2D eigenvalue weighted by molar-refractivity contribution is -0.121. The molecule has 0 N–H and O–H groups in total. The van der Waals surface area contributed by atoms with Crippen LogP contribution in [-0.2, 0) is 4.79 Å². The second kappa shape index (κ2) is 7.65. The number of benzene rings is 1. The Morgan fingerprint density at radius 1 is 1.45 bits per heavy atom. The predicted octanol–water partition coefficient (Wildman–Crippen LogP) is 3.92. The standard InChI is InChI=1S/C15H16INO3S2/c1-4-5-20-13-10(16)6-9(7-11(13)19-3)8-12-14(18)17(2)15(21)22-12/h6-8H,4-5H2,1-3H3/b12-8+. The molecule has 0 unspecified atom stereocenters. The van der Waals surface area contributed by atoms with Crippen LogP contribution in [0.15, 0.2) is 17.0 Å². The third-order valence-corrected chi connectivity index (χ3v) is 5.27. The van der Waals surface area contributed by atoms with Crippen LogP contribution >= 0.6 is 46.6 Å². The van der Waals surface area contributed by atoms with E-state index in [0.717, 1.165) is 21.3 Å². The number of thiocarbonyl (C=S) groups is 1. The van der Waals surface area contributed by atoms with Crippen LogP contribution in [0.25, 0.3) is 6.08 Å². The molecule has 0 bridgehead atoms. The molecule has 1 aliphatic rings. The minimum Gasteiger partial charge on any atom is -0.493 e. The first-order chi connectivity index (χ1) is 10.5. The third-order valence-electron chi connectivity index (χ3n) is 2.99. The molecule has 4 nitrogen and oxygen atoms in total. The summed E-state index contributed by atoms with van der Waals surface area (Å²) in [6.07, 6.45) is 2.76. The molecule has 1 aromatic carbocycles. The summed E-state index contributed by atoms with van der Waals surface area (Å²) in [5, 5.41) is 0. The molecule has 1 aromatic rings. The molecule has 1 heterocycles. The monoisotopic (exact) mass is 449 g/mol. The molecule has 7 heteroatoms. The van der Waals surface area contributed by atoms with Gasteiger partial charge in [-0.1, -0.05) is 30.9 Å². The number of likely N-dealkylation sites (N-methyl/N-ethyl adjacent to an activating group) is 1. The fraction of sp³-hybridized carbons (Fsp3) is 0.333. The Morgan fingerprint density at radius 2 is 2.18 bits per heavy atom. The van der Waals surface area contributed by atoms with E-state index >= 15 is 0 Å². The van der Waals surface area contributed by atoms with E-state index in [1.807, 2.05) is 18.2 Å². The highest BCUT2D eigenvalue weighted by molar-refractivity contribution is 14.1. The van der Waals surface area contributed by atoms with Crippen molar-refractivity contribution in [1.29, 1.82) is 0 Å². The first kappa shape index (κ1) is 17.6. The first-order valence-corrected chi connectivity index (χ1v) is 9.00. The fourth-order valence-electron chi connectivity index (χ4n) is 1.86. The maximum Gasteiger partial charge on any atom is 0.265 e. The lowest BCUT2D eigenvalue weighted by Crippen LogP contribution is -2.22. The second-order valence-corrected chi connectivity index (χ2v) is 7.46. The summed E-state index contributed by atoms with van der Waals surface area (Å²) in [7, 11) is 3.30. The van der Waals surface area contributed by atoms with Crippen LogP contribution in [0.5, 0.6) is 11.5 Å². The molecular weight excluding hydrogens is 433 g/mol. The number of amides is 1. The van der Waals surface area contributed by atoms with Gasteiger partial charge in [0.25, 0.3) is 5.91 Å². The Labute approximate surface area is 153 Å². The van der Waals surface area contributed by atoms with Gasteiger partial charge in [-0.15, -0.1) is 0 Å². The zero-order valence-electron chi connectivity index (χ0n) is 12.5. The average Bonchev–Trinajstić information content (AvgIpc) is 2.73. The molecule has 1 fully saturated rings. The minimum absolute atomic E-state index is 0.0738. The lowest BCUT2D eigenvalue weighted by atomic mass is 10.2. The van der Waals surface area contributed by atoms with Gasteiger partial charge in [0, 0.05) is 7.05 Å². The molecule has 0 aromatic heterocycles. The summed E-state index contributed by atoms with van der Waals surface area (Å²) in [5.41, 5.74) is 0.888. The maximum absolute atomic E-state index is 12.1. The van der Waals surface area contributed by atoms with E-state index in [9.17, 15) is 4.79 Å². The molecule has 2 rings (SSSR count). The van der Waals surface area contributed by atoms with Crippen molar-refractivity contribution in [3.63, 3.8) is 0 Å². The minimum atomic E-state index is -0.0738. The Bertz CT molecular complexity index is 646. The topological polar surface area (TPSA) is 38.8 Å². The van der Waals surface area contributed by atoms with Gasteiger partial charge in [0.2, 0.25) is 0 Å². The van der Waals surface area contributed by atoms with Crippen molar-refractivity contribution in [2.75, 3.05) is 20.8 Å². The van der Waals surface area contributed by atoms with Crippen molar-refractivity contribution in [3.8, 4) is 11.5 Å². The molecule has 0 radical (unpaired) electrons. The molecule has 22 heavy (non-hydrogen) atoms. The quantitative estimate of drug-likeness (QED) is 0.387. The van der Waals surface area contributed by atoms with E-state index in [4.69, 9.17) is 21.7 Å². The van der Waals surface area contributed by atoms with Gasteiger partial charge in [-0.25, -0.2) is 0 Å². The molecule has 0 saturated carbocycles. The summed E-state index contributed by atoms with van der Waals surface area (Å²) in [5.74, 6) is 1.33. The van der Waals surface area contributed by atoms with Gasteiger partial charge in [0.05, 0.1) is 22.2 Å². The Hall–Kier alpha value is -0.800. The van der Waals surface area contributed by atoms with Crippen LogP contribution in [0.4, 0.5) is 0 Å². The van der Waals surface area contributed by atoms with Crippen LogP contribution in [0, 0.1) is 3.57 Å². The van der Waals surface area contributed by atoms with Crippen molar-refractivity contribution in [1.82, 2.24) is 4.90 Å². The second-order valence-electron chi connectivity index (χ2n) is 4.62.